The molecule has 0 spiro atoms. The van der Waals surface area contributed by atoms with Crippen LogP contribution >= 0.6 is 0 Å². The zero-order valence-corrected chi connectivity index (χ0v) is 28.7. The monoisotopic (exact) mass is 646 g/mol. The number of benzene rings is 1. The maximum atomic E-state index is 13.7. The molecule has 254 valence electrons. The molecule has 3 saturated heterocycles. The molecule has 0 radical (unpaired) electrons. The molecule has 6 fully saturated rings. The SMILES string of the molecule is CC1(C)[C@@H]2C[C@H]3OB([C@H](Cc4ccccc4)NC(=O)O[C@@H]4CCCCN(C(=O)C(C#N)=CC(C)(C)N5CCOCC5)C4)O[C@@]3(C)[C@H]1C2. The van der Waals surface area contributed by atoms with Crippen LogP contribution in [0.1, 0.15) is 72.3 Å². The molecule has 7 rings (SSSR count). The number of hydrogen-bond donors (Lipinski definition) is 1. The first kappa shape index (κ1) is 34.0. The highest BCUT2D eigenvalue weighted by Crippen LogP contribution is 2.65. The zero-order chi connectivity index (χ0) is 33.4. The second-order valence-electron chi connectivity index (χ2n) is 15.5. The molecule has 2 bridgehead atoms. The van der Waals surface area contributed by atoms with Crippen LogP contribution in [0.3, 0.4) is 0 Å². The van der Waals surface area contributed by atoms with Crippen LogP contribution in [0.5, 0.6) is 0 Å². The standard InChI is InChI=1S/C36H51BN4O6/c1-34(2,41-15-17-44-18-16-41)22-26(23-38)32(42)40-14-10-9-13-28(24-40)45-33(43)39-31(19-25-11-7-6-8-12-25)37-46-30-21-27-20-29(35(27,3)4)36(30,5)47-37/h6-8,11-12,22,27-31H,9-10,13-21,24H2,1-5H3,(H,39,43)/t27-,28+,29-,30+,31-,36-/m0/s1. The topological polar surface area (TPSA) is 113 Å². The van der Waals surface area contributed by atoms with Gasteiger partial charge in [-0.2, -0.15) is 5.26 Å². The quantitative estimate of drug-likeness (QED) is 0.249. The van der Waals surface area contributed by atoms with Gasteiger partial charge in [0.25, 0.3) is 5.91 Å². The lowest BCUT2D eigenvalue weighted by Crippen LogP contribution is -2.65. The third-order valence-corrected chi connectivity index (χ3v) is 11.8. The molecule has 2 amide bonds. The summed E-state index contributed by atoms with van der Waals surface area (Å²) in [4.78, 5) is 31.1. The van der Waals surface area contributed by atoms with Gasteiger partial charge in [-0.3, -0.25) is 9.69 Å². The van der Waals surface area contributed by atoms with Crippen molar-refractivity contribution in [2.24, 2.45) is 17.3 Å². The summed E-state index contributed by atoms with van der Waals surface area (Å²) >= 11 is 0. The van der Waals surface area contributed by atoms with Crippen LogP contribution < -0.4 is 5.32 Å². The first-order valence-electron chi connectivity index (χ1n) is 17.5. The number of nitrogens with one attached hydrogen (secondary N) is 1. The van der Waals surface area contributed by atoms with Crippen molar-refractivity contribution in [1.29, 1.82) is 5.26 Å². The molecule has 1 aromatic rings. The number of likely N-dealkylation sites (tertiary alicyclic amines) is 1. The van der Waals surface area contributed by atoms with Gasteiger partial charge in [-0.1, -0.05) is 44.2 Å². The summed E-state index contributed by atoms with van der Waals surface area (Å²) in [6.07, 6.45) is 5.60. The van der Waals surface area contributed by atoms with E-state index in [4.69, 9.17) is 18.8 Å². The van der Waals surface area contributed by atoms with Crippen molar-refractivity contribution >= 4 is 19.1 Å². The maximum absolute atomic E-state index is 13.7. The van der Waals surface area contributed by atoms with E-state index in [0.29, 0.717) is 44.4 Å². The third-order valence-electron chi connectivity index (χ3n) is 11.8. The lowest BCUT2D eigenvalue weighted by Gasteiger charge is -2.64. The van der Waals surface area contributed by atoms with E-state index in [-0.39, 0.29) is 29.5 Å². The molecule has 1 N–H and O–H groups in total. The molecule has 47 heavy (non-hydrogen) atoms. The predicted octanol–water partition coefficient (Wildman–Crippen LogP) is 4.53. The van der Waals surface area contributed by atoms with Gasteiger partial charge in [-0.25, -0.2) is 4.79 Å². The minimum absolute atomic E-state index is 0.00240. The fraction of sp³-hybridized carbons (Fsp3) is 0.694. The Bertz CT molecular complexity index is 1370. The lowest BCUT2D eigenvalue weighted by molar-refractivity contribution is -0.199. The summed E-state index contributed by atoms with van der Waals surface area (Å²) in [5.74, 6) is 0.263. The molecular formula is C36H51BN4O6. The van der Waals surface area contributed by atoms with Crippen LogP contribution in [0.4, 0.5) is 4.79 Å². The van der Waals surface area contributed by atoms with Gasteiger partial charge in [0.1, 0.15) is 17.7 Å². The summed E-state index contributed by atoms with van der Waals surface area (Å²) in [5.41, 5.74) is 0.521. The van der Waals surface area contributed by atoms with Gasteiger partial charge < -0.3 is 29.0 Å². The van der Waals surface area contributed by atoms with Crippen LogP contribution in [0.15, 0.2) is 42.0 Å². The molecule has 10 nitrogen and oxygen atoms in total. The van der Waals surface area contributed by atoms with E-state index in [1.807, 2.05) is 44.2 Å². The van der Waals surface area contributed by atoms with Crippen LogP contribution in [0.25, 0.3) is 0 Å². The van der Waals surface area contributed by atoms with Gasteiger partial charge in [0.15, 0.2) is 0 Å². The van der Waals surface area contributed by atoms with Crippen molar-refractivity contribution in [1.82, 2.24) is 15.1 Å². The zero-order valence-electron chi connectivity index (χ0n) is 28.7. The Balaban J connectivity index is 1.12. The number of nitriles is 1. The van der Waals surface area contributed by atoms with Crippen molar-refractivity contribution in [3.63, 3.8) is 0 Å². The number of hydrogen-bond acceptors (Lipinski definition) is 8. The minimum Gasteiger partial charge on any atom is -0.444 e. The number of carbonyl (C=O) groups excluding carboxylic acids is 2. The van der Waals surface area contributed by atoms with Gasteiger partial charge >= 0.3 is 13.2 Å². The Labute approximate surface area is 280 Å². The van der Waals surface area contributed by atoms with E-state index in [2.05, 4.69) is 37.1 Å². The highest BCUT2D eigenvalue weighted by Gasteiger charge is 2.68. The average molecular weight is 647 g/mol. The molecule has 3 aliphatic carbocycles. The molecule has 3 aliphatic heterocycles. The van der Waals surface area contributed by atoms with Crippen LogP contribution in [0, 0.1) is 28.6 Å². The number of ether oxygens (including phenoxy) is 2. The number of carbonyl (C=O) groups is 2. The van der Waals surface area contributed by atoms with E-state index in [9.17, 15) is 14.9 Å². The summed E-state index contributed by atoms with van der Waals surface area (Å²) in [6.45, 7) is 14.4. The molecule has 6 aliphatic rings. The van der Waals surface area contributed by atoms with Crippen LogP contribution in [-0.2, 0) is 30.0 Å². The minimum atomic E-state index is -0.599. The Hall–Kier alpha value is -2.91. The second kappa shape index (κ2) is 13.5. The smallest absolute Gasteiger partial charge is 0.444 e. The Kier molecular flexibility index (Phi) is 9.79. The number of rotatable bonds is 8. The Morgan fingerprint density at radius 2 is 1.89 bits per heavy atom. The fourth-order valence-electron chi connectivity index (χ4n) is 8.77. The van der Waals surface area contributed by atoms with Crippen LogP contribution in [0.2, 0.25) is 0 Å². The lowest BCUT2D eigenvalue weighted by atomic mass is 9.43. The fourth-order valence-corrected chi connectivity index (χ4v) is 8.77. The van der Waals surface area contributed by atoms with Gasteiger partial charge in [0.05, 0.1) is 37.4 Å². The maximum Gasteiger partial charge on any atom is 0.482 e. The summed E-state index contributed by atoms with van der Waals surface area (Å²) in [7, 11) is -0.599. The van der Waals surface area contributed by atoms with E-state index in [1.54, 1.807) is 11.0 Å². The number of amides is 2. The number of morpholine rings is 1. The summed E-state index contributed by atoms with van der Waals surface area (Å²) in [5, 5.41) is 13.1. The Morgan fingerprint density at radius 1 is 1.15 bits per heavy atom. The molecular weight excluding hydrogens is 595 g/mol. The molecule has 11 heteroatoms. The van der Waals surface area contributed by atoms with Crippen molar-refractivity contribution in [2.45, 2.75) is 102 Å². The van der Waals surface area contributed by atoms with Crippen LogP contribution in [-0.4, -0.2) is 97.6 Å². The van der Waals surface area contributed by atoms with Gasteiger partial charge in [0.2, 0.25) is 0 Å². The normalized spacial score (nSPS) is 31.5. The van der Waals surface area contributed by atoms with Crippen molar-refractivity contribution < 1.29 is 28.4 Å². The average Bonchev–Trinajstić information content (AvgIpc) is 3.26. The second-order valence-corrected chi connectivity index (χ2v) is 15.5. The highest BCUT2D eigenvalue weighted by atomic mass is 16.7. The van der Waals surface area contributed by atoms with E-state index in [1.165, 1.54) is 0 Å². The molecule has 0 aromatic heterocycles. The molecule has 1 aromatic carbocycles. The predicted molar refractivity (Wildman–Crippen MR) is 178 cm³/mol. The Morgan fingerprint density at radius 3 is 2.60 bits per heavy atom. The first-order chi connectivity index (χ1) is 22.4. The van der Waals surface area contributed by atoms with Gasteiger partial charge in [-0.05, 0) is 88.2 Å². The molecule has 6 atom stereocenters. The number of alkyl carbamates (subject to hydrolysis) is 1. The van der Waals surface area contributed by atoms with Crippen molar-refractivity contribution in [3.8, 4) is 6.07 Å². The van der Waals surface area contributed by atoms with Gasteiger partial charge in [-0.15, -0.1) is 0 Å². The van der Waals surface area contributed by atoms with E-state index >= 15 is 0 Å². The number of nitrogens with zero attached hydrogens (tertiary/aromatic N) is 3. The first-order valence-corrected chi connectivity index (χ1v) is 17.5. The highest BCUT2D eigenvalue weighted by molar-refractivity contribution is 6.47. The van der Waals surface area contributed by atoms with E-state index < -0.39 is 36.4 Å². The van der Waals surface area contributed by atoms with Crippen molar-refractivity contribution in [3.05, 3.63) is 47.5 Å². The van der Waals surface area contributed by atoms with Crippen molar-refractivity contribution in [2.75, 3.05) is 39.4 Å². The van der Waals surface area contributed by atoms with Gasteiger partial charge in [0, 0.05) is 25.2 Å². The molecule has 3 saturated carbocycles. The molecule has 3 heterocycles. The largest absolute Gasteiger partial charge is 0.482 e. The molecule has 0 unspecified atom stereocenters. The summed E-state index contributed by atoms with van der Waals surface area (Å²) in [6, 6.07) is 12.2. The van der Waals surface area contributed by atoms with E-state index in [0.717, 1.165) is 44.3 Å². The third kappa shape index (κ3) is 6.98. The summed E-state index contributed by atoms with van der Waals surface area (Å²) < 4.78 is 24.8.